The van der Waals surface area contributed by atoms with E-state index in [0.29, 0.717) is 12.0 Å². The Hall–Kier alpha value is -1.36. The van der Waals surface area contributed by atoms with Gasteiger partial charge in [0.05, 0.1) is 5.56 Å². The molecule has 2 bridgehead atoms. The number of fused-ring (bicyclic) bond motifs is 2. The molecule has 0 aromatic heterocycles. The molecule has 0 spiro atoms. The number of rotatable bonds is 1. The van der Waals surface area contributed by atoms with Gasteiger partial charge >= 0.3 is 6.18 Å². The van der Waals surface area contributed by atoms with Crippen molar-refractivity contribution in [3.05, 3.63) is 41.2 Å². The van der Waals surface area contributed by atoms with Crippen LogP contribution in [0, 0.1) is 5.82 Å². The zero-order chi connectivity index (χ0) is 14.5. The molecule has 0 aliphatic carbocycles. The molecule has 3 rings (SSSR count). The van der Waals surface area contributed by atoms with Gasteiger partial charge < -0.3 is 0 Å². The van der Waals surface area contributed by atoms with Crippen LogP contribution in [-0.4, -0.2) is 24.0 Å². The number of hydrogen-bond acceptors (Lipinski definition) is 1. The van der Waals surface area contributed by atoms with Crippen molar-refractivity contribution in [1.29, 1.82) is 0 Å². The summed E-state index contributed by atoms with van der Waals surface area (Å²) in [6.07, 6.45) is -0.296. The largest absolute Gasteiger partial charge is 0.419 e. The fourth-order valence-electron chi connectivity index (χ4n) is 3.32. The van der Waals surface area contributed by atoms with Crippen LogP contribution >= 0.6 is 0 Å². The average molecular weight is 285 g/mol. The van der Waals surface area contributed by atoms with Gasteiger partial charge in [-0.1, -0.05) is 18.2 Å². The Labute approximate surface area is 114 Å². The molecular weight excluding hydrogens is 270 g/mol. The third-order valence-corrected chi connectivity index (χ3v) is 4.39. The summed E-state index contributed by atoms with van der Waals surface area (Å²) in [6, 6.07) is 4.04. The average Bonchev–Trinajstić information content (AvgIpc) is 2.60. The molecule has 1 fully saturated rings. The Kier molecular flexibility index (Phi) is 3.12. The summed E-state index contributed by atoms with van der Waals surface area (Å²) in [5.74, 6) is -1.19. The molecule has 108 valence electrons. The lowest BCUT2D eigenvalue weighted by Crippen LogP contribution is -2.34. The standard InChI is InChI=1S/C15H15F4N/c1-20-10-5-6-11(20)8-9(7-10)12-3-2-4-13(16)14(12)15(17,18)19/h2-4,7,10-11H,5-6,8H2,1H3. The summed E-state index contributed by atoms with van der Waals surface area (Å²) in [5.41, 5.74) is -0.500. The van der Waals surface area contributed by atoms with E-state index in [1.54, 1.807) is 0 Å². The van der Waals surface area contributed by atoms with Crippen LogP contribution in [0.3, 0.4) is 0 Å². The quantitative estimate of drug-likeness (QED) is 0.702. The molecule has 1 aromatic carbocycles. The van der Waals surface area contributed by atoms with Crippen LogP contribution in [0.25, 0.3) is 5.57 Å². The van der Waals surface area contributed by atoms with E-state index in [0.717, 1.165) is 18.9 Å². The van der Waals surface area contributed by atoms with Crippen LogP contribution in [0.2, 0.25) is 0 Å². The number of benzene rings is 1. The molecular formula is C15H15F4N. The highest BCUT2D eigenvalue weighted by atomic mass is 19.4. The summed E-state index contributed by atoms with van der Waals surface area (Å²) in [4.78, 5) is 2.19. The smallest absolute Gasteiger partial charge is 0.297 e. The van der Waals surface area contributed by atoms with Crippen LogP contribution in [0.5, 0.6) is 0 Å². The lowest BCUT2D eigenvalue weighted by atomic mass is 9.91. The maximum Gasteiger partial charge on any atom is 0.419 e. The van der Waals surface area contributed by atoms with E-state index in [-0.39, 0.29) is 17.6 Å². The number of alkyl halides is 3. The van der Waals surface area contributed by atoms with E-state index in [9.17, 15) is 17.6 Å². The molecule has 1 saturated heterocycles. The van der Waals surface area contributed by atoms with Crippen LogP contribution in [0.15, 0.2) is 24.3 Å². The van der Waals surface area contributed by atoms with Gasteiger partial charge in [-0.05, 0) is 43.5 Å². The van der Waals surface area contributed by atoms with E-state index in [4.69, 9.17) is 0 Å². The fourth-order valence-corrected chi connectivity index (χ4v) is 3.32. The third kappa shape index (κ3) is 2.14. The van der Waals surface area contributed by atoms with Gasteiger partial charge in [-0.25, -0.2) is 4.39 Å². The molecule has 1 aromatic rings. The zero-order valence-corrected chi connectivity index (χ0v) is 11.0. The van der Waals surface area contributed by atoms with E-state index in [2.05, 4.69) is 4.90 Å². The van der Waals surface area contributed by atoms with E-state index >= 15 is 0 Å². The highest BCUT2D eigenvalue weighted by Crippen LogP contribution is 2.42. The first-order chi connectivity index (χ1) is 9.38. The van der Waals surface area contributed by atoms with Crippen LogP contribution < -0.4 is 0 Å². The number of halogens is 4. The molecule has 0 radical (unpaired) electrons. The summed E-state index contributed by atoms with van der Waals surface area (Å²) < 4.78 is 52.8. The molecule has 2 aliphatic heterocycles. The van der Waals surface area contributed by atoms with Crippen molar-refractivity contribution in [2.75, 3.05) is 7.05 Å². The Bertz CT molecular complexity index is 561. The minimum Gasteiger partial charge on any atom is -0.297 e. The van der Waals surface area contributed by atoms with Crippen molar-refractivity contribution in [1.82, 2.24) is 4.90 Å². The maximum atomic E-state index is 13.6. The van der Waals surface area contributed by atoms with Gasteiger partial charge in [0.25, 0.3) is 0 Å². The second-order valence-corrected chi connectivity index (χ2v) is 5.52. The van der Waals surface area contributed by atoms with Crippen molar-refractivity contribution < 1.29 is 17.6 Å². The number of nitrogens with zero attached hydrogens (tertiary/aromatic N) is 1. The number of likely N-dealkylation sites (N-methyl/N-ethyl adjacent to an activating group) is 1. The molecule has 2 heterocycles. The lowest BCUT2D eigenvalue weighted by Gasteiger charge is -2.31. The van der Waals surface area contributed by atoms with E-state index in [1.165, 1.54) is 12.1 Å². The fraction of sp³-hybridized carbons (Fsp3) is 0.467. The summed E-state index contributed by atoms with van der Waals surface area (Å²) in [5, 5.41) is 0. The van der Waals surface area contributed by atoms with Gasteiger partial charge in [0.15, 0.2) is 0 Å². The minimum atomic E-state index is -4.66. The summed E-state index contributed by atoms with van der Waals surface area (Å²) >= 11 is 0. The Morgan fingerprint density at radius 3 is 2.60 bits per heavy atom. The van der Waals surface area contributed by atoms with Gasteiger partial charge in [0.1, 0.15) is 5.82 Å². The van der Waals surface area contributed by atoms with E-state index in [1.807, 2.05) is 13.1 Å². The molecule has 0 N–H and O–H groups in total. The zero-order valence-electron chi connectivity index (χ0n) is 11.0. The molecule has 2 atom stereocenters. The van der Waals surface area contributed by atoms with Crippen LogP contribution in [0.4, 0.5) is 17.6 Å². The van der Waals surface area contributed by atoms with Crippen LogP contribution in [-0.2, 0) is 6.18 Å². The highest BCUT2D eigenvalue weighted by molar-refractivity contribution is 5.71. The van der Waals surface area contributed by atoms with Gasteiger partial charge in [-0.2, -0.15) is 13.2 Å². The predicted octanol–water partition coefficient (Wildman–Crippen LogP) is 4.09. The molecule has 2 aliphatic rings. The topological polar surface area (TPSA) is 3.24 Å². The van der Waals surface area contributed by atoms with Gasteiger partial charge in [-0.15, -0.1) is 0 Å². The second kappa shape index (κ2) is 4.58. The maximum absolute atomic E-state index is 13.6. The molecule has 2 unspecified atom stereocenters. The van der Waals surface area contributed by atoms with Crippen molar-refractivity contribution in [2.24, 2.45) is 0 Å². The van der Waals surface area contributed by atoms with Crippen molar-refractivity contribution in [2.45, 2.75) is 37.5 Å². The Balaban J connectivity index is 2.08. The first-order valence-electron chi connectivity index (χ1n) is 6.66. The monoisotopic (exact) mass is 285 g/mol. The van der Waals surface area contributed by atoms with E-state index < -0.39 is 17.6 Å². The molecule has 20 heavy (non-hydrogen) atoms. The van der Waals surface area contributed by atoms with Crippen LogP contribution in [0.1, 0.15) is 30.4 Å². The minimum absolute atomic E-state index is 0.00231. The van der Waals surface area contributed by atoms with Crippen molar-refractivity contribution in [3.63, 3.8) is 0 Å². The normalized spacial score (nSPS) is 26.8. The van der Waals surface area contributed by atoms with Crippen molar-refractivity contribution in [3.8, 4) is 0 Å². The predicted molar refractivity (Wildman–Crippen MR) is 68.6 cm³/mol. The van der Waals surface area contributed by atoms with Gasteiger partial charge in [0, 0.05) is 12.1 Å². The lowest BCUT2D eigenvalue weighted by molar-refractivity contribution is -0.140. The molecule has 5 heteroatoms. The Morgan fingerprint density at radius 2 is 1.95 bits per heavy atom. The van der Waals surface area contributed by atoms with Crippen molar-refractivity contribution >= 4 is 5.57 Å². The van der Waals surface area contributed by atoms with Gasteiger partial charge in [-0.3, -0.25) is 4.90 Å². The SMILES string of the molecule is CN1C2C=C(c3cccc(F)c3C(F)(F)F)CC1CC2. The number of hydrogen-bond donors (Lipinski definition) is 0. The second-order valence-electron chi connectivity index (χ2n) is 5.52. The summed E-state index contributed by atoms with van der Waals surface area (Å²) in [7, 11) is 1.99. The third-order valence-electron chi connectivity index (χ3n) is 4.39. The molecule has 1 nitrogen and oxygen atoms in total. The summed E-state index contributed by atoms with van der Waals surface area (Å²) in [6.45, 7) is 0. The van der Waals surface area contributed by atoms with Gasteiger partial charge in [0.2, 0.25) is 0 Å². The first kappa shape index (κ1) is 13.6. The highest BCUT2D eigenvalue weighted by Gasteiger charge is 2.40. The molecule has 0 amide bonds. The first-order valence-corrected chi connectivity index (χ1v) is 6.66. The molecule has 0 saturated carbocycles. The Morgan fingerprint density at radius 1 is 1.20 bits per heavy atom.